The first-order valence-electron chi connectivity index (χ1n) is 10.5. The number of likely N-dealkylation sites (tertiary alicyclic amines) is 1. The van der Waals surface area contributed by atoms with Crippen LogP contribution in [-0.2, 0) is 0 Å². The van der Waals surface area contributed by atoms with Crippen LogP contribution in [0.3, 0.4) is 0 Å². The van der Waals surface area contributed by atoms with Crippen LogP contribution in [0.2, 0.25) is 0 Å². The van der Waals surface area contributed by atoms with E-state index in [1.54, 1.807) is 0 Å². The van der Waals surface area contributed by atoms with Gasteiger partial charge in [-0.15, -0.1) is 0 Å². The summed E-state index contributed by atoms with van der Waals surface area (Å²) in [7, 11) is 0. The average Bonchev–Trinajstić information content (AvgIpc) is 2.61. The number of hydrogen-bond donors (Lipinski definition) is 3. The normalized spacial score (nSPS) is 17.7. The number of nitrogens with one attached hydrogen (secondary N) is 2. The third-order valence-electron chi connectivity index (χ3n) is 5.31. The van der Waals surface area contributed by atoms with Gasteiger partial charge in [0.25, 0.3) is 0 Å². The lowest BCUT2D eigenvalue weighted by atomic mass is 9.93. The van der Waals surface area contributed by atoms with E-state index in [-0.39, 0.29) is 0 Å². The summed E-state index contributed by atoms with van der Waals surface area (Å²) >= 11 is 0. The Morgan fingerprint density at radius 3 is 2.24 bits per heavy atom. The molecule has 1 aliphatic heterocycles. The minimum atomic E-state index is -0.654. The molecule has 3 N–H and O–H groups in total. The molecule has 1 aliphatic rings. The zero-order chi connectivity index (χ0) is 18.5. The highest BCUT2D eigenvalue weighted by Crippen LogP contribution is 2.20. The first-order chi connectivity index (χ1) is 12.1. The van der Waals surface area contributed by atoms with E-state index in [0.29, 0.717) is 6.54 Å². The number of rotatable bonds is 11. The van der Waals surface area contributed by atoms with Gasteiger partial charge in [0.05, 0.1) is 12.1 Å². The second-order valence-corrected chi connectivity index (χ2v) is 7.51. The summed E-state index contributed by atoms with van der Waals surface area (Å²) in [5, 5.41) is 17.5. The van der Waals surface area contributed by atoms with E-state index in [1.165, 1.54) is 38.9 Å². The molecule has 0 radical (unpaired) electrons. The molecule has 1 rings (SSSR count). The minimum Gasteiger partial charge on any atom is -0.388 e. The third kappa shape index (κ3) is 8.91. The van der Waals surface area contributed by atoms with Crippen molar-refractivity contribution in [2.45, 2.75) is 78.2 Å². The zero-order valence-electron chi connectivity index (χ0n) is 17.1. The molecular weight excluding hydrogens is 312 g/mol. The van der Waals surface area contributed by atoms with E-state index in [4.69, 9.17) is 0 Å². The minimum absolute atomic E-state index is 0.485. The lowest BCUT2D eigenvalue weighted by Gasteiger charge is -2.31. The van der Waals surface area contributed by atoms with Crippen molar-refractivity contribution in [1.29, 1.82) is 0 Å². The summed E-state index contributed by atoms with van der Waals surface area (Å²) in [6, 6.07) is 0. The molecule has 0 unspecified atom stereocenters. The Morgan fingerprint density at radius 1 is 1.08 bits per heavy atom. The monoisotopic (exact) mass is 354 g/mol. The van der Waals surface area contributed by atoms with E-state index in [1.807, 2.05) is 0 Å². The maximum Gasteiger partial charge on any atom is 0.191 e. The first kappa shape index (κ1) is 22.2. The fourth-order valence-corrected chi connectivity index (χ4v) is 3.77. The van der Waals surface area contributed by atoms with Crippen LogP contribution in [0, 0.1) is 5.92 Å². The van der Waals surface area contributed by atoms with Crippen molar-refractivity contribution in [3.63, 3.8) is 0 Å². The fraction of sp³-hybridized carbons (Fsp3) is 0.950. The molecule has 5 nitrogen and oxygen atoms in total. The molecular formula is C20H42N4O. The molecule has 1 fully saturated rings. The Hall–Kier alpha value is -0.810. The van der Waals surface area contributed by atoms with Crippen LogP contribution < -0.4 is 10.6 Å². The van der Waals surface area contributed by atoms with Gasteiger partial charge in [-0.1, -0.05) is 33.6 Å². The summed E-state index contributed by atoms with van der Waals surface area (Å²) in [4.78, 5) is 7.21. The first-order valence-corrected chi connectivity index (χ1v) is 10.5. The van der Waals surface area contributed by atoms with Gasteiger partial charge < -0.3 is 20.6 Å². The van der Waals surface area contributed by atoms with E-state index in [2.05, 4.69) is 48.2 Å². The van der Waals surface area contributed by atoms with Gasteiger partial charge in [-0.2, -0.15) is 0 Å². The van der Waals surface area contributed by atoms with Crippen molar-refractivity contribution in [1.82, 2.24) is 15.5 Å². The molecule has 0 aliphatic carbocycles. The fourth-order valence-electron chi connectivity index (χ4n) is 3.77. The molecule has 5 heteroatoms. The SMILES string of the molecule is CCCC(O)(CCC)CN=C(NCC)NCCC1CCN(CC)CC1. The van der Waals surface area contributed by atoms with Crippen molar-refractivity contribution in [2.24, 2.45) is 10.9 Å². The lowest BCUT2D eigenvalue weighted by molar-refractivity contribution is 0.0306. The van der Waals surface area contributed by atoms with E-state index in [0.717, 1.165) is 50.7 Å². The summed E-state index contributed by atoms with van der Waals surface area (Å²) in [6.07, 6.45) is 7.46. The van der Waals surface area contributed by atoms with E-state index < -0.39 is 5.60 Å². The Bertz CT molecular complexity index is 359. The van der Waals surface area contributed by atoms with Crippen molar-refractivity contribution in [2.75, 3.05) is 39.3 Å². The highest BCUT2D eigenvalue weighted by atomic mass is 16.3. The van der Waals surface area contributed by atoms with Crippen LogP contribution in [0.15, 0.2) is 4.99 Å². The molecule has 0 spiro atoms. The summed E-state index contributed by atoms with van der Waals surface area (Å²) in [6.45, 7) is 14.5. The maximum absolute atomic E-state index is 10.7. The Labute approximate surface area is 155 Å². The van der Waals surface area contributed by atoms with Crippen LogP contribution in [0.1, 0.15) is 72.6 Å². The van der Waals surface area contributed by atoms with Gasteiger partial charge in [-0.05, 0) is 64.6 Å². The molecule has 0 aromatic rings. The third-order valence-corrected chi connectivity index (χ3v) is 5.31. The maximum atomic E-state index is 10.7. The quantitative estimate of drug-likeness (QED) is 0.394. The van der Waals surface area contributed by atoms with Crippen molar-refractivity contribution in [3.05, 3.63) is 0 Å². The molecule has 148 valence electrons. The molecule has 0 bridgehead atoms. The standard InChI is InChI=1S/C20H42N4O/c1-5-12-20(25,13-6-2)17-23-19(21-7-3)22-14-9-18-10-15-24(8-4)16-11-18/h18,25H,5-17H2,1-4H3,(H2,21,22,23). The van der Waals surface area contributed by atoms with Crippen LogP contribution >= 0.6 is 0 Å². The predicted octanol–water partition coefficient (Wildman–Crippen LogP) is 2.99. The van der Waals surface area contributed by atoms with Gasteiger partial charge >= 0.3 is 0 Å². The van der Waals surface area contributed by atoms with Gasteiger partial charge in [0.15, 0.2) is 5.96 Å². The molecule has 1 heterocycles. The Kier molecular flexibility index (Phi) is 11.1. The Balaban J connectivity index is 2.42. The van der Waals surface area contributed by atoms with Crippen LogP contribution in [0.5, 0.6) is 0 Å². The molecule has 0 aromatic heterocycles. The number of hydrogen-bond acceptors (Lipinski definition) is 3. The predicted molar refractivity (Wildman–Crippen MR) is 108 cm³/mol. The number of guanidine groups is 1. The second kappa shape index (κ2) is 12.5. The molecule has 0 atom stereocenters. The van der Waals surface area contributed by atoms with Gasteiger partial charge in [-0.3, -0.25) is 4.99 Å². The summed E-state index contributed by atoms with van der Waals surface area (Å²) in [5.74, 6) is 1.68. The summed E-state index contributed by atoms with van der Waals surface area (Å²) in [5.41, 5.74) is -0.654. The highest BCUT2D eigenvalue weighted by Gasteiger charge is 2.24. The van der Waals surface area contributed by atoms with Gasteiger partial charge in [-0.25, -0.2) is 0 Å². The van der Waals surface area contributed by atoms with Crippen LogP contribution in [0.4, 0.5) is 0 Å². The lowest BCUT2D eigenvalue weighted by Crippen LogP contribution is -2.41. The number of piperidine rings is 1. The second-order valence-electron chi connectivity index (χ2n) is 7.51. The molecule has 0 amide bonds. The van der Waals surface area contributed by atoms with Crippen molar-refractivity contribution >= 4 is 5.96 Å². The van der Waals surface area contributed by atoms with Gasteiger partial charge in [0.1, 0.15) is 0 Å². The van der Waals surface area contributed by atoms with E-state index >= 15 is 0 Å². The van der Waals surface area contributed by atoms with Crippen molar-refractivity contribution in [3.8, 4) is 0 Å². The Morgan fingerprint density at radius 2 is 1.72 bits per heavy atom. The van der Waals surface area contributed by atoms with Gasteiger partial charge in [0, 0.05) is 13.1 Å². The smallest absolute Gasteiger partial charge is 0.191 e. The van der Waals surface area contributed by atoms with Gasteiger partial charge in [0.2, 0.25) is 0 Å². The molecule has 0 aromatic carbocycles. The number of aliphatic hydroxyl groups is 1. The summed E-state index contributed by atoms with van der Waals surface area (Å²) < 4.78 is 0. The number of nitrogens with zero attached hydrogens (tertiary/aromatic N) is 2. The van der Waals surface area contributed by atoms with E-state index in [9.17, 15) is 5.11 Å². The molecule has 1 saturated heterocycles. The van der Waals surface area contributed by atoms with Crippen LogP contribution in [0.25, 0.3) is 0 Å². The zero-order valence-corrected chi connectivity index (χ0v) is 17.1. The number of aliphatic imine (C=N–C) groups is 1. The topological polar surface area (TPSA) is 59.9 Å². The van der Waals surface area contributed by atoms with Crippen molar-refractivity contribution < 1.29 is 5.11 Å². The highest BCUT2D eigenvalue weighted by molar-refractivity contribution is 5.79. The average molecular weight is 355 g/mol. The molecule has 0 saturated carbocycles. The molecule has 25 heavy (non-hydrogen) atoms. The van der Waals surface area contributed by atoms with Crippen LogP contribution in [-0.4, -0.2) is 60.8 Å². The largest absolute Gasteiger partial charge is 0.388 e.